The molecule has 0 bridgehead atoms. The number of hydrogen-bond acceptors (Lipinski definition) is 2. The van der Waals surface area contributed by atoms with E-state index in [0.29, 0.717) is 13.2 Å². The highest BCUT2D eigenvalue weighted by Crippen LogP contribution is 2.24. The molecule has 1 N–H and O–H groups in total. The zero-order chi connectivity index (χ0) is 15.8. The van der Waals surface area contributed by atoms with E-state index in [1.807, 2.05) is 20.9 Å². The van der Waals surface area contributed by atoms with Crippen molar-refractivity contribution in [3.8, 4) is 5.75 Å². The Kier molecular flexibility index (Phi) is 7.06. The SMILES string of the molecule is CCCCN(C)C(=O)NCCOc1c(C)cc(C)cc1C. The van der Waals surface area contributed by atoms with Gasteiger partial charge >= 0.3 is 6.03 Å². The van der Waals surface area contributed by atoms with E-state index in [0.717, 1.165) is 36.3 Å². The van der Waals surface area contributed by atoms with Gasteiger partial charge in [0.25, 0.3) is 0 Å². The number of benzene rings is 1. The number of ether oxygens (including phenoxy) is 1. The van der Waals surface area contributed by atoms with Gasteiger partial charge in [0.2, 0.25) is 0 Å². The van der Waals surface area contributed by atoms with Crippen LogP contribution in [-0.4, -0.2) is 37.7 Å². The molecule has 4 heteroatoms. The van der Waals surface area contributed by atoms with E-state index in [-0.39, 0.29) is 6.03 Å². The van der Waals surface area contributed by atoms with Crippen LogP contribution in [0, 0.1) is 20.8 Å². The second-order valence-electron chi connectivity index (χ2n) is 5.58. The zero-order valence-corrected chi connectivity index (χ0v) is 14.0. The van der Waals surface area contributed by atoms with Crippen molar-refractivity contribution in [3.63, 3.8) is 0 Å². The highest BCUT2D eigenvalue weighted by Gasteiger charge is 2.08. The van der Waals surface area contributed by atoms with Crippen LogP contribution in [0.2, 0.25) is 0 Å². The van der Waals surface area contributed by atoms with Crippen molar-refractivity contribution in [1.82, 2.24) is 10.2 Å². The van der Waals surface area contributed by atoms with Crippen LogP contribution < -0.4 is 10.1 Å². The highest BCUT2D eigenvalue weighted by molar-refractivity contribution is 5.73. The molecule has 1 aromatic carbocycles. The molecule has 0 aromatic heterocycles. The van der Waals surface area contributed by atoms with Crippen molar-refractivity contribution in [2.45, 2.75) is 40.5 Å². The first kappa shape index (κ1) is 17.3. The Morgan fingerprint density at radius 2 is 1.86 bits per heavy atom. The zero-order valence-electron chi connectivity index (χ0n) is 14.0. The molecule has 4 nitrogen and oxygen atoms in total. The maximum Gasteiger partial charge on any atom is 0.317 e. The molecule has 0 radical (unpaired) electrons. The summed E-state index contributed by atoms with van der Waals surface area (Å²) in [6.45, 7) is 10.1. The van der Waals surface area contributed by atoms with Crippen molar-refractivity contribution < 1.29 is 9.53 Å². The topological polar surface area (TPSA) is 41.6 Å². The van der Waals surface area contributed by atoms with Gasteiger partial charge < -0.3 is 15.0 Å². The second kappa shape index (κ2) is 8.55. The molecule has 0 fully saturated rings. The van der Waals surface area contributed by atoms with Gasteiger partial charge in [0.05, 0.1) is 6.54 Å². The Balaban J connectivity index is 2.36. The molecule has 0 spiro atoms. The van der Waals surface area contributed by atoms with Gasteiger partial charge in [0, 0.05) is 13.6 Å². The monoisotopic (exact) mass is 292 g/mol. The minimum Gasteiger partial charge on any atom is -0.491 e. The molecule has 0 unspecified atom stereocenters. The number of hydrogen-bond donors (Lipinski definition) is 1. The smallest absolute Gasteiger partial charge is 0.317 e. The van der Waals surface area contributed by atoms with Crippen molar-refractivity contribution in [2.24, 2.45) is 0 Å². The summed E-state index contributed by atoms with van der Waals surface area (Å²) in [5, 5.41) is 2.87. The molecule has 118 valence electrons. The fourth-order valence-corrected chi connectivity index (χ4v) is 2.34. The van der Waals surface area contributed by atoms with Gasteiger partial charge in [-0.1, -0.05) is 31.0 Å². The van der Waals surface area contributed by atoms with E-state index in [2.05, 4.69) is 31.3 Å². The number of carbonyl (C=O) groups is 1. The summed E-state index contributed by atoms with van der Waals surface area (Å²) in [6.07, 6.45) is 2.12. The lowest BCUT2D eigenvalue weighted by Crippen LogP contribution is -2.39. The van der Waals surface area contributed by atoms with Crippen LogP contribution >= 0.6 is 0 Å². The van der Waals surface area contributed by atoms with Gasteiger partial charge in [0.15, 0.2) is 0 Å². The number of urea groups is 1. The molecule has 1 aromatic rings. The Morgan fingerprint density at radius 3 is 2.43 bits per heavy atom. The number of amides is 2. The van der Waals surface area contributed by atoms with Gasteiger partial charge in [0.1, 0.15) is 12.4 Å². The van der Waals surface area contributed by atoms with E-state index >= 15 is 0 Å². The van der Waals surface area contributed by atoms with Crippen LogP contribution in [0.5, 0.6) is 5.75 Å². The van der Waals surface area contributed by atoms with Crippen LogP contribution in [0.15, 0.2) is 12.1 Å². The summed E-state index contributed by atoms with van der Waals surface area (Å²) < 4.78 is 5.80. The minimum absolute atomic E-state index is 0.0376. The number of rotatable bonds is 7. The molecule has 0 saturated carbocycles. The predicted octanol–water partition coefficient (Wildman–Crippen LogP) is 3.43. The number of nitrogens with one attached hydrogen (secondary N) is 1. The third-order valence-electron chi connectivity index (χ3n) is 3.42. The number of aryl methyl sites for hydroxylation is 3. The van der Waals surface area contributed by atoms with Crippen molar-refractivity contribution in [2.75, 3.05) is 26.7 Å². The van der Waals surface area contributed by atoms with E-state index in [4.69, 9.17) is 4.74 Å². The summed E-state index contributed by atoms with van der Waals surface area (Å²) >= 11 is 0. The van der Waals surface area contributed by atoms with E-state index < -0.39 is 0 Å². The third kappa shape index (κ3) is 5.66. The maximum absolute atomic E-state index is 11.8. The summed E-state index contributed by atoms with van der Waals surface area (Å²) in [4.78, 5) is 13.5. The average Bonchev–Trinajstić information content (AvgIpc) is 2.42. The van der Waals surface area contributed by atoms with Gasteiger partial charge in [-0.05, 0) is 38.3 Å². The van der Waals surface area contributed by atoms with Gasteiger partial charge in [-0.3, -0.25) is 0 Å². The van der Waals surface area contributed by atoms with Crippen LogP contribution in [0.25, 0.3) is 0 Å². The van der Waals surface area contributed by atoms with Crippen molar-refractivity contribution in [1.29, 1.82) is 0 Å². The van der Waals surface area contributed by atoms with E-state index in [9.17, 15) is 4.79 Å². The lowest BCUT2D eigenvalue weighted by Gasteiger charge is -2.18. The molecule has 0 heterocycles. The molecule has 0 saturated heterocycles. The molecule has 0 aliphatic heterocycles. The lowest BCUT2D eigenvalue weighted by molar-refractivity contribution is 0.204. The molecule has 0 aliphatic carbocycles. The summed E-state index contributed by atoms with van der Waals surface area (Å²) in [5.41, 5.74) is 3.51. The minimum atomic E-state index is -0.0376. The first-order chi connectivity index (χ1) is 9.95. The fraction of sp³-hybridized carbons (Fsp3) is 0.588. The molecule has 0 atom stereocenters. The molecule has 1 rings (SSSR count). The van der Waals surface area contributed by atoms with Gasteiger partial charge in [-0.25, -0.2) is 4.79 Å². The molecule has 0 aliphatic rings. The second-order valence-corrected chi connectivity index (χ2v) is 5.58. The molecule has 21 heavy (non-hydrogen) atoms. The van der Waals surface area contributed by atoms with Gasteiger partial charge in [-0.15, -0.1) is 0 Å². The highest BCUT2D eigenvalue weighted by atomic mass is 16.5. The van der Waals surface area contributed by atoms with Crippen molar-refractivity contribution in [3.05, 3.63) is 28.8 Å². The Bertz CT molecular complexity index is 449. The van der Waals surface area contributed by atoms with Gasteiger partial charge in [-0.2, -0.15) is 0 Å². The molecular formula is C17H28N2O2. The predicted molar refractivity (Wildman–Crippen MR) is 87.1 cm³/mol. The normalized spacial score (nSPS) is 10.3. The number of unbranched alkanes of at least 4 members (excludes halogenated alkanes) is 1. The maximum atomic E-state index is 11.8. The average molecular weight is 292 g/mol. The first-order valence-electron chi connectivity index (χ1n) is 7.65. The van der Waals surface area contributed by atoms with Crippen LogP contribution in [0.3, 0.4) is 0 Å². The van der Waals surface area contributed by atoms with Crippen LogP contribution in [0.1, 0.15) is 36.5 Å². The third-order valence-corrected chi connectivity index (χ3v) is 3.42. The van der Waals surface area contributed by atoms with Crippen molar-refractivity contribution >= 4 is 6.03 Å². The Hall–Kier alpha value is -1.71. The quantitative estimate of drug-likeness (QED) is 0.782. The van der Waals surface area contributed by atoms with E-state index in [1.54, 1.807) is 4.90 Å². The Morgan fingerprint density at radius 1 is 1.24 bits per heavy atom. The standard InChI is InChI=1S/C17H28N2O2/c1-6-7-9-19(5)17(20)18-8-10-21-16-14(3)11-13(2)12-15(16)4/h11-12H,6-10H2,1-5H3,(H,18,20). The molecule has 2 amide bonds. The molecular weight excluding hydrogens is 264 g/mol. The number of nitrogens with zero attached hydrogens (tertiary/aromatic N) is 1. The first-order valence-corrected chi connectivity index (χ1v) is 7.65. The fourth-order valence-electron chi connectivity index (χ4n) is 2.34. The largest absolute Gasteiger partial charge is 0.491 e. The number of carbonyl (C=O) groups excluding carboxylic acids is 1. The summed E-state index contributed by atoms with van der Waals surface area (Å²) in [5.74, 6) is 0.925. The van der Waals surface area contributed by atoms with Crippen LogP contribution in [-0.2, 0) is 0 Å². The summed E-state index contributed by atoms with van der Waals surface area (Å²) in [6, 6.07) is 4.18. The van der Waals surface area contributed by atoms with E-state index in [1.165, 1.54) is 5.56 Å². The summed E-state index contributed by atoms with van der Waals surface area (Å²) in [7, 11) is 1.82. The Labute approximate surface area is 128 Å². The van der Waals surface area contributed by atoms with Crippen LogP contribution in [0.4, 0.5) is 4.79 Å². The lowest BCUT2D eigenvalue weighted by atomic mass is 10.1.